The Hall–Kier alpha value is -4.47. The lowest BCUT2D eigenvalue weighted by Crippen LogP contribution is -2.28. The first-order chi connectivity index (χ1) is 15.9. The van der Waals surface area contributed by atoms with E-state index in [9.17, 15) is 14.4 Å². The molecule has 0 saturated heterocycles. The fourth-order valence-electron chi connectivity index (χ4n) is 3.36. The molecular formula is C23H21N5O5. The van der Waals surface area contributed by atoms with Gasteiger partial charge in [0.15, 0.2) is 5.65 Å². The van der Waals surface area contributed by atoms with E-state index >= 15 is 0 Å². The van der Waals surface area contributed by atoms with Crippen LogP contribution in [0, 0.1) is 6.92 Å². The number of methoxy groups -OCH3 is 2. The van der Waals surface area contributed by atoms with Crippen LogP contribution < -0.4 is 15.7 Å². The maximum atomic E-state index is 12.8. The second-order valence-electron chi connectivity index (χ2n) is 7.17. The predicted octanol–water partition coefficient (Wildman–Crippen LogP) is 2.30. The Morgan fingerprint density at radius 3 is 2.36 bits per heavy atom. The Balaban J connectivity index is 1.56. The highest BCUT2D eigenvalue weighted by atomic mass is 16.5. The normalized spacial score (nSPS) is 10.8. The number of nitrogens with one attached hydrogen (secondary N) is 1. The highest BCUT2D eigenvalue weighted by Crippen LogP contribution is 2.21. The number of aryl methyl sites for hydroxylation is 1. The monoisotopic (exact) mass is 447 g/mol. The number of aromatic nitrogens is 4. The van der Waals surface area contributed by atoms with Gasteiger partial charge in [0, 0.05) is 17.3 Å². The smallest absolute Gasteiger partial charge is 0.352 e. The maximum absolute atomic E-state index is 12.8. The molecule has 10 nitrogen and oxygen atoms in total. The van der Waals surface area contributed by atoms with Gasteiger partial charge in [0.1, 0.15) is 18.1 Å². The summed E-state index contributed by atoms with van der Waals surface area (Å²) in [6.45, 7) is 1.42. The lowest BCUT2D eigenvalue weighted by molar-refractivity contribution is -0.117. The number of carbonyl (C=O) groups excluding carboxylic acids is 2. The van der Waals surface area contributed by atoms with E-state index in [-0.39, 0.29) is 6.54 Å². The molecule has 0 unspecified atom stereocenters. The van der Waals surface area contributed by atoms with Crippen LogP contribution in [0.25, 0.3) is 16.9 Å². The average Bonchev–Trinajstić information content (AvgIpc) is 3.14. The molecule has 2 heterocycles. The Bertz CT molecular complexity index is 1390. The second-order valence-corrected chi connectivity index (χ2v) is 7.17. The van der Waals surface area contributed by atoms with Gasteiger partial charge in [-0.15, -0.1) is 5.10 Å². The number of carbonyl (C=O) groups is 2. The molecule has 0 aliphatic heterocycles. The van der Waals surface area contributed by atoms with Gasteiger partial charge in [-0.2, -0.15) is 0 Å². The van der Waals surface area contributed by atoms with E-state index in [1.54, 1.807) is 32.2 Å². The summed E-state index contributed by atoms with van der Waals surface area (Å²) in [5.41, 5.74) is 2.25. The summed E-state index contributed by atoms with van der Waals surface area (Å²) in [5.74, 6) is 0.269. The van der Waals surface area contributed by atoms with E-state index in [2.05, 4.69) is 20.1 Å². The molecule has 4 rings (SSSR count). The van der Waals surface area contributed by atoms with Gasteiger partial charge in [-0.3, -0.25) is 4.79 Å². The molecule has 2 aromatic carbocycles. The van der Waals surface area contributed by atoms with E-state index < -0.39 is 17.6 Å². The molecule has 0 bridgehead atoms. The lowest BCUT2D eigenvalue weighted by Gasteiger charge is -2.05. The van der Waals surface area contributed by atoms with Crippen LogP contribution in [0.5, 0.6) is 5.75 Å². The number of hydrogen-bond acceptors (Lipinski definition) is 7. The standard InChI is InChI=1S/C23H21N5O5/c1-14-24-19(15-6-10-18(32-2)11-7-15)12-20-26-27(23(31)28(14)20)13-21(29)25-17-8-4-16(5-9-17)22(30)33-3/h4-12H,13H2,1-3H3,(H,25,29). The molecular weight excluding hydrogens is 426 g/mol. The average molecular weight is 447 g/mol. The SMILES string of the molecule is COC(=O)c1ccc(NC(=O)Cn2nc3cc(-c4ccc(OC)cc4)nc(C)n3c2=O)cc1. The molecule has 10 heteroatoms. The van der Waals surface area contributed by atoms with Gasteiger partial charge in [0.2, 0.25) is 5.91 Å². The van der Waals surface area contributed by atoms with E-state index in [1.165, 1.54) is 23.6 Å². The molecule has 1 N–H and O–H groups in total. The molecule has 33 heavy (non-hydrogen) atoms. The zero-order chi connectivity index (χ0) is 23.5. The van der Waals surface area contributed by atoms with Crippen LogP contribution in [-0.2, 0) is 16.1 Å². The van der Waals surface area contributed by atoms with Gasteiger partial charge < -0.3 is 14.8 Å². The van der Waals surface area contributed by atoms with Crippen LogP contribution in [-0.4, -0.2) is 45.3 Å². The number of hydrogen-bond donors (Lipinski definition) is 1. The number of amides is 1. The highest BCUT2D eigenvalue weighted by molar-refractivity contribution is 5.92. The van der Waals surface area contributed by atoms with Crippen molar-refractivity contribution in [3.05, 3.63) is 76.5 Å². The van der Waals surface area contributed by atoms with Crippen molar-refractivity contribution in [2.75, 3.05) is 19.5 Å². The van der Waals surface area contributed by atoms with Crippen molar-refractivity contribution in [2.45, 2.75) is 13.5 Å². The van der Waals surface area contributed by atoms with Crippen molar-refractivity contribution < 1.29 is 19.1 Å². The number of esters is 1. The minimum absolute atomic E-state index is 0.281. The van der Waals surface area contributed by atoms with Crippen molar-refractivity contribution in [2.24, 2.45) is 0 Å². The van der Waals surface area contributed by atoms with Crippen LogP contribution in [0.15, 0.2) is 59.4 Å². The first-order valence-electron chi connectivity index (χ1n) is 9.99. The number of ether oxygens (including phenoxy) is 2. The molecule has 0 spiro atoms. The molecule has 0 atom stereocenters. The maximum Gasteiger partial charge on any atom is 0.352 e. The molecule has 4 aromatic rings. The van der Waals surface area contributed by atoms with Crippen LogP contribution in [0.2, 0.25) is 0 Å². The van der Waals surface area contributed by atoms with Crippen molar-refractivity contribution >= 4 is 23.2 Å². The van der Waals surface area contributed by atoms with E-state index in [1.807, 2.05) is 24.3 Å². The van der Waals surface area contributed by atoms with Gasteiger partial charge >= 0.3 is 11.7 Å². The molecule has 168 valence electrons. The molecule has 0 radical (unpaired) electrons. The van der Waals surface area contributed by atoms with Crippen molar-refractivity contribution in [1.29, 1.82) is 0 Å². The van der Waals surface area contributed by atoms with Crippen molar-refractivity contribution in [3.63, 3.8) is 0 Å². The minimum Gasteiger partial charge on any atom is -0.497 e. The van der Waals surface area contributed by atoms with E-state index in [4.69, 9.17) is 4.74 Å². The summed E-state index contributed by atoms with van der Waals surface area (Å²) in [7, 11) is 2.89. The lowest BCUT2D eigenvalue weighted by atomic mass is 10.1. The fraction of sp³-hybridized carbons (Fsp3) is 0.174. The van der Waals surface area contributed by atoms with E-state index in [0.717, 1.165) is 16.0 Å². The first-order valence-corrected chi connectivity index (χ1v) is 9.99. The number of fused-ring (bicyclic) bond motifs is 1. The third kappa shape index (κ3) is 4.45. The zero-order valence-corrected chi connectivity index (χ0v) is 18.2. The van der Waals surface area contributed by atoms with Gasteiger partial charge in [-0.25, -0.2) is 23.7 Å². The Kier molecular flexibility index (Phi) is 5.90. The third-order valence-corrected chi connectivity index (χ3v) is 5.00. The summed E-state index contributed by atoms with van der Waals surface area (Å²) >= 11 is 0. The largest absolute Gasteiger partial charge is 0.497 e. The first kappa shape index (κ1) is 21.8. The topological polar surface area (TPSA) is 117 Å². The number of benzene rings is 2. The number of rotatable bonds is 6. The van der Waals surface area contributed by atoms with Crippen LogP contribution >= 0.6 is 0 Å². The van der Waals surface area contributed by atoms with Gasteiger partial charge in [-0.1, -0.05) is 0 Å². The van der Waals surface area contributed by atoms with Crippen LogP contribution in [0.4, 0.5) is 5.69 Å². The Labute approximate surface area is 188 Å². The molecule has 0 aliphatic carbocycles. The summed E-state index contributed by atoms with van der Waals surface area (Å²) in [6.07, 6.45) is 0. The highest BCUT2D eigenvalue weighted by Gasteiger charge is 2.15. The quantitative estimate of drug-likeness (QED) is 0.451. The van der Waals surface area contributed by atoms with Crippen LogP contribution in [0.1, 0.15) is 16.2 Å². The molecule has 1 amide bonds. The van der Waals surface area contributed by atoms with Gasteiger partial charge in [-0.05, 0) is 55.5 Å². The molecule has 0 saturated carbocycles. The minimum atomic E-state index is -0.470. The van der Waals surface area contributed by atoms with Gasteiger partial charge in [0.05, 0.1) is 25.5 Å². The zero-order valence-electron chi connectivity index (χ0n) is 18.2. The Morgan fingerprint density at radius 1 is 1.03 bits per heavy atom. The van der Waals surface area contributed by atoms with E-state index in [0.29, 0.717) is 28.4 Å². The van der Waals surface area contributed by atoms with Crippen molar-refractivity contribution in [1.82, 2.24) is 19.2 Å². The summed E-state index contributed by atoms with van der Waals surface area (Å²) in [4.78, 5) is 41.3. The Morgan fingerprint density at radius 2 is 1.73 bits per heavy atom. The van der Waals surface area contributed by atoms with Crippen molar-refractivity contribution in [3.8, 4) is 17.0 Å². The molecule has 2 aromatic heterocycles. The van der Waals surface area contributed by atoms with Crippen LogP contribution in [0.3, 0.4) is 0 Å². The molecule has 0 fully saturated rings. The predicted molar refractivity (Wildman–Crippen MR) is 120 cm³/mol. The summed E-state index contributed by atoms with van der Waals surface area (Å²) in [5, 5.41) is 6.98. The third-order valence-electron chi connectivity index (χ3n) is 5.00. The molecule has 0 aliphatic rings. The fourth-order valence-corrected chi connectivity index (χ4v) is 3.36. The van der Waals surface area contributed by atoms with Gasteiger partial charge in [0.25, 0.3) is 0 Å². The summed E-state index contributed by atoms with van der Waals surface area (Å²) in [6, 6.07) is 15.3. The number of nitrogens with zero attached hydrogens (tertiary/aromatic N) is 4. The number of anilines is 1. The second kappa shape index (κ2) is 8.95. The summed E-state index contributed by atoms with van der Waals surface area (Å²) < 4.78 is 12.3.